The molecule has 3 aromatic rings. The molecule has 2 aromatic carbocycles. The highest BCUT2D eigenvalue weighted by Gasteiger charge is 2.41. The van der Waals surface area contributed by atoms with E-state index in [2.05, 4.69) is 36.0 Å². The number of imide groups is 1. The molecular weight excluding hydrogens is 456 g/mol. The summed E-state index contributed by atoms with van der Waals surface area (Å²) >= 11 is 0. The van der Waals surface area contributed by atoms with Crippen molar-refractivity contribution in [3.8, 4) is 5.75 Å². The van der Waals surface area contributed by atoms with E-state index in [-0.39, 0.29) is 25.0 Å². The third kappa shape index (κ3) is 4.12. The van der Waals surface area contributed by atoms with Gasteiger partial charge in [0.2, 0.25) is 5.91 Å². The van der Waals surface area contributed by atoms with Crippen LogP contribution >= 0.6 is 0 Å². The van der Waals surface area contributed by atoms with Gasteiger partial charge in [-0.2, -0.15) is 0 Å². The standard InChI is InChI=1S/C28H30N4O4/c1-16(2)10-11-31-13-20-25(18-6-4-7-19(12-18)36-15-24(29)34)27-22(14-32(17(3)33)28(27)35)30-21-8-5-9-23(31)26(20)21/h4-9,12-13,16,25,30H,10-11,14-15H2,1-3H3,(H2,29,34)/t25-/m1/s1. The maximum Gasteiger partial charge on any atom is 0.259 e. The Balaban J connectivity index is 1.70. The van der Waals surface area contributed by atoms with Crippen LogP contribution < -0.4 is 15.8 Å². The lowest BCUT2D eigenvalue weighted by atomic mass is 9.84. The van der Waals surface area contributed by atoms with Crippen molar-refractivity contribution in [2.75, 3.05) is 18.5 Å². The number of carbonyl (C=O) groups excluding carboxylic acids is 3. The maximum atomic E-state index is 13.6. The van der Waals surface area contributed by atoms with E-state index in [1.165, 1.54) is 11.8 Å². The number of carbonyl (C=O) groups is 3. The Morgan fingerprint density at radius 1 is 1.19 bits per heavy atom. The van der Waals surface area contributed by atoms with Gasteiger partial charge in [0.15, 0.2) is 6.61 Å². The average molecular weight is 487 g/mol. The first-order valence-corrected chi connectivity index (χ1v) is 12.2. The molecule has 186 valence electrons. The molecule has 0 saturated heterocycles. The van der Waals surface area contributed by atoms with Gasteiger partial charge >= 0.3 is 0 Å². The number of hydrogen-bond acceptors (Lipinski definition) is 5. The zero-order valence-electron chi connectivity index (χ0n) is 20.7. The summed E-state index contributed by atoms with van der Waals surface area (Å²) in [4.78, 5) is 38.5. The smallest absolute Gasteiger partial charge is 0.259 e. The fourth-order valence-electron chi connectivity index (χ4n) is 5.14. The highest BCUT2D eigenvalue weighted by atomic mass is 16.5. The van der Waals surface area contributed by atoms with Gasteiger partial charge in [0, 0.05) is 42.4 Å². The van der Waals surface area contributed by atoms with Gasteiger partial charge in [-0.25, -0.2) is 0 Å². The van der Waals surface area contributed by atoms with Gasteiger partial charge in [0.1, 0.15) is 5.75 Å². The number of rotatable bonds is 7. The number of nitrogens with zero attached hydrogens (tertiary/aromatic N) is 2. The summed E-state index contributed by atoms with van der Waals surface area (Å²) in [6.45, 7) is 6.63. The molecule has 0 fully saturated rings. The zero-order chi connectivity index (χ0) is 25.6. The van der Waals surface area contributed by atoms with Crippen molar-refractivity contribution in [3.05, 3.63) is 71.1 Å². The number of ether oxygens (including phenoxy) is 1. The Morgan fingerprint density at radius 3 is 2.69 bits per heavy atom. The second-order valence-corrected chi connectivity index (χ2v) is 9.85. The highest BCUT2D eigenvalue weighted by molar-refractivity contribution is 6.11. The molecule has 8 heteroatoms. The monoisotopic (exact) mass is 486 g/mol. The molecule has 0 spiro atoms. The van der Waals surface area contributed by atoms with Crippen LogP contribution in [0.2, 0.25) is 0 Å². The topological polar surface area (TPSA) is 107 Å². The van der Waals surface area contributed by atoms with Crippen LogP contribution in [0, 0.1) is 5.92 Å². The zero-order valence-corrected chi connectivity index (χ0v) is 20.7. The second-order valence-electron chi connectivity index (χ2n) is 9.85. The quantitative estimate of drug-likeness (QED) is 0.529. The molecule has 2 aliphatic rings. The number of hydrogen-bond donors (Lipinski definition) is 2. The molecule has 0 unspecified atom stereocenters. The first-order valence-electron chi connectivity index (χ1n) is 12.2. The van der Waals surface area contributed by atoms with Crippen molar-refractivity contribution >= 4 is 34.3 Å². The Kier molecular flexibility index (Phi) is 6.04. The van der Waals surface area contributed by atoms with Crippen LogP contribution in [0.15, 0.2) is 59.9 Å². The number of aromatic nitrogens is 1. The van der Waals surface area contributed by atoms with Crippen LogP contribution in [0.1, 0.15) is 44.2 Å². The molecule has 0 saturated carbocycles. The minimum absolute atomic E-state index is 0.200. The molecule has 0 bridgehead atoms. The summed E-state index contributed by atoms with van der Waals surface area (Å²) in [5.74, 6) is -0.541. The highest BCUT2D eigenvalue weighted by Crippen LogP contribution is 2.47. The molecule has 36 heavy (non-hydrogen) atoms. The molecule has 3 heterocycles. The summed E-state index contributed by atoms with van der Waals surface area (Å²) in [5, 5.41) is 4.55. The summed E-state index contributed by atoms with van der Waals surface area (Å²) in [6, 6.07) is 13.5. The molecule has 8 nitrogen and oxygen atoms in total. The molecule has 2 aliphatic heterocycles. The van der Waals surface area contributed by atoms with Gasteiger partial charge in [-0.1, -0.05) is 32.0 Å². The van der Waals surface area contributed by atoms with E-state index in [1.807, 2.05) is 30.3 Å². The number of anilines is 1. The lowest BCUT2D eigenvalue weighted by molar-refractivity contribution is -0.139. The third-order valence-electron chi connectivity index (χ3n) is 6.84. The second kappa shape index (κ2) is 9.18. The predicted octanol–water partition coefficient (Wildman–Crippen LogP) is 3.75. The van der Waals surface area contributed by atoms with E-state index >= 15 is 0 Å². The van der Waals surface area contributed by atoms with Crippen molar-refractivity contribution in [2.24, 2.45) is 11.7 Å². The number of primary amides is 1. The van der Waals surface area contributed by atoms with Gasteiger partial charge in [-0.05, 0) is 47.7 Å². The van der Waals surface area contributed by atoms with Crippen LogP contribution in [0.4, 0.5) is 5.69 Å². The van der Waals surface area contributed by atoms with E-state index in [9.17, 15) is 14.4 Å². The third-order valence-corrected chi connectivity index (χ3v) is 6.84. The van der Waals surface area contributed by atoms with Gasteiger partial charge in [-0.15, -0.1) is 0 Å². The van der Waals surface area contributed by atoms with Crippen molar-refractivity contribution in [2.45, 2.75) is 39.7 Å². The first kappa shape index (κ1) is 23.7. The summed E-state index contributed by atoms with van der Waals surface area (Å²) in [5.41, 5.74) is 10.4. The fourth-order valence-corrected chi connectivity index (χ4v) is 5.14. The molecule has 1 atom stereocenters. The van der Waals surface area contributed by atoms with Crippen molar-refractivity contribution in [1.29, 1.82) is 0 Å². The minimum atomic E-state index is -0.565. The van der Waals surface area contributed by atoms with E-state index in [1.54, 1.807) is 6.07 Å². The van der Waals surface area contributed by atoms with Gasteiger partial charge < -0.3 is 20.4 Å². The molecule has 0 radical (unpaired) electrons. The van der Waals surface area contributed by atoms with E-state index < -0.39 is 11.8 Å². The van der Waals surface area contributed by atoms with Crippen LogP contribution in [0.5, 0.6) is 5.75 Å². The van der Waals surface area contributed by atoms with Gasteiger partial charge in [0.05, 0.1) is 17.6 Å². The van der Waals surface area contributed by atoms with Crippen LogP contribution in [-0.2, 0) is 20.9 Å². The summed E-state index contributed by atoms with van der Waals surface area (Å²) in [7, 11) is 0. The largest absolute Gasteiger partial charge is 0.484 e. The van der Waals surface area contributed by atoms with Crippen LogP contribution in [-0.4, -0.2) is 40.3 Å². The van der Waals surface area contributed by atoms with Gasteiger partial charge in [0.25, 0.3) is 11.8 Å². The van der Waals surface area contributed by atoms with Gasteiger partial charge in [-0.3, -0.25) is 19.3 Å². The molecule has 3 amide bonds. The lowest BCUT2D eigenvalue weighted by Crippen LogP contribution is -2.33. The maximum absolute atomic E-state index is 13.6. The van der Waals surface area contributed by atoms with E-state index in [0.29, 0.717) is 17.2 Å². The number of benzene rings is 2. The number of amides is 3. The summed E-state index contributed by atoms with van der Waals surface area (Å²) in [6.07, 6.45) is 3.16. The van der Waals surface area contributed by atoms with Crippen molar-refractivity contribution in [1.82, 2.24) is 9.47 Å². The average Bonchev–Trinajstić information content (AvgIpc) is 3.31. The van der Waals surface area contributed by atoms with Crippen molar-refractivity contribution in [3.63, 3.8) is 0 Å². The lowest BCUT2D eigenvalue weighted by Gasteiger charge is -2.20. The normalized spacial score (nSPS) is 16.8. The molecular formula is C28H30N4O4. The summed E-state index contributed by atoms with van der Waals surface area (Å²) < 4.78 is 7.83. The number of nitrogens with one attached hydrogen (secondary N) is 1. The molecule has 3 N–H and O–H groups in total. The number of aryl methyl sites for hydroxylation is 1. The Bertz CT molecular complexity index is 1420. The van der Waals surface area contributed by atoms with E-state index in [0.717, 1.165) is 46.4 Å². The Labute approximate surface area is 209 Å². The first-order chi connectivity index (χ1) is 17.2. The molecule has 0 aliphatic carbocycles. The van der Waals surface area contributed by atoms with Crippen LogP contribution in [0.25, 0.3) is 10.9 Å². The van der Waals surface area contributed by atoms with Crippen LogP contribution in [0.3, 0.4) is 0 Å². The Hall–Kier alpha value is -4.07. The van der Waals surface area contributed by atoms with Crippen molar-refractivity contribution < 1.29 is 19.1 Å². The predicted molar refractivity (Wildman–Crippen MR) is 137 cm³/mol. The fraction of sp³-hybridized carbons (Fsp3) is 0.321. The Morgan fingerprint density at radius 2 is 1.97 bits per heavy atom. The minimum Gasteiger partial charge on any atom is -0.484 e. The molecule has 1 aromatic heterocycles. The SMILES string of the molecule is CC(=O)N1CC2=C(C1=O)[C@H](c1cccc(OCC(N)=O)c1)c1cn(CCC(C)C)c3cccc(c13)N2. The molecule has 5 rings (SSSR count). The van der Waals surface area contributed by atoms with E-state index in [4.69, 9.17) is 10.5 Å². The number of nitrogens with two attached hydrogens (primary N) is 1.